The molecule has 0 aliphatic heterocycles. The molecular formula is C53H92O5. The molecule has 0 amide bonds. The van der Waals surface area contributed by atoms with Gasteiger partial charge < -0.3 is 14.2 Å². The van der Waals surface area contributed by atoms with Gasteiger partial charge in [-0.3, -0.25) is 9.59 Å². The average molecular weight is 809 g/mol. The third-order valence-electron chi connectivity index (χ3n) is 10.2. The van der Waals surface area contributed by atoms with Crippen molar-refractivity contribution in [3.63, 3.8) is 0 Å². The van der Waals surface area contributed by atoms with Crippen LogP contribution in [0.4, 0.5) is 0 Å². The van der Waals surface area contributed by atoms with E-state index in [1.165, 1.54) is 109 Å². The Bertz CT molecular complexity index is 1050. The van der Waals surface area contributed by atoms with E-state index in [-0.39, 0.29) is 25.2 Å². The molecule has 0 aromatic heterocycles. The Morgan fingerprint density at radius 3 is 1.28 bits per heavy atom. The molecule has 5 nitrogen and oxygen atoms in total. The van der Waals surface area contributed by atoms with Gasteiger partial charge in [-0.1, -0.05) is 196 Å². The van der Waals surface area contributed by atoms with E-state index < -0.39 is 6.10 Å². The van der Waals surface area contributed by atoms with Crippen molar-refractivity contribution in [2.24, 2.45) is 0 Å². The lowest BCUT2D eigenvalue weighted by molar-refractivity contribution is -0.163. The smallest absolute Gasteiger partial charge is 0.306 e. The summed E-state index contributed by atoms with van der Waals surface area (Å²) in [6.45, 7) is 7.58. The minimum absolute atomic E-state index is 0.0731. The third kappa shape index (κ3) is 46.0. The largest absolute Gasteiger partial charge is 0.462 e. The number of allylic oxidation sites excluding steroid dienone is 12. The van der Waals surface area contributed by atoms with Crippen LogP contribution in [0.5, 0.6) is 0 Å². The van der Waals surface area contributed by atoms with Gasteiger partial charge in [0.1, 0.15) is 6.61 Å². The summed E-state index contributed by atoms with van der Waals surface area (Å²) in [5, 5.41) is 0. The molecule has 0 aromatic rings. The predicted molar refractivity (Wildman–Crippen MR) is 251 cm³/mol. The van der Waals surface area contributed by atoms with Crippen LogP contribution in [0.25, 0.3) is 0 Å². The average Bonchev–Trinajstić information content (AvgIpc) is 3.22. The summed E-state index contributed by atoms with van der Waals surface area (Å²) in [6, 6.07) is 0. The van der Waals surface area contributed by atoms with Gasteiger partial charge in [0.25, 0.3) is 0 Å². The Hall–Kier alpha value is -2.66. The van der Waals surface area contributed by atoms with Gasteiger partial charge >= 0.3 is 11.9 Å². The first-order chi connectivity index (χ1) is 28.6. The highest BCUT2D eigenvalue weighted by Crippen LogP contribution is 2.13. The molecule has 0 radical (unpaired) electrons. The number of rotatable bonds is 44. The van der Waals surface area contributed by atoms with Crippen molar-refractivity contribution in [3.05, 3.63) is 72.9 Å². The van der Waals surface area contributed by atoms with Crippen LogP contribution in [0.3, 0.4) is 0 Å². The van der Waals surface area contributed by atoms with E-state index in [1.54, 1.807) is 0 Å². The molecule has 0 saturated heterocycles. The first-order valence-electron chi connectivity index (χ1n) is 24.5. The topological polar surface area (TPSA) is 61.8 Å². The Kier molecular flexibility index (Phi) is 46.5. The van der Waals surface area contributed by atoms with Gasteiger partial charge in [0.05, 0.1) is 6.61 Å². The van der Waals surface area contributed by atoms with Gasteiger partial charge in [-0.2, -0.15) is 0 Å². The minimum Gasteiger partial charge on any atom is -0.462 e. The highest BCUT2D eigenvalue weighted by Gasteiger charge is 2.17. The molecule has 0 bridgehead atoms. The van der Waals surface area contributed by atoms with Crippen molar-refractivity contribution in [2.45, 2.75) is 232 Å². The molecule has 58 heavy (non-hydrogen) atoms. The maximum atomic E-state index is 12.6. The molecule has 1 atom stereocenters. The van der Waals surface area contributed by atoms with Crippen molar-refractivity contribution < 1.29 is 23.8 Å². The summed E-state index contributed by atoms with van der Waals surface area (Å²) in [4.78, 5) is 25.1. The van der Waals surface area contributed by atoms with Gasteiger partial charge in [0.15, 0.2) is 6.10 Å². The zero-order chi connectivity index (χ0) is 42.1. The fraction of sp³-hybridized carbons (Fsp3) is 0.736. The quantitative estimate of drug-likeness (QED) is 0.0348. The lowest BCUT2D eigenvalue weighted by atomic mass is 10.1. The van der Waals surface area contributed by atoms with E-state index in [0.29, 0.717) is 19.4 Å². The summed E-state index contributed by atoms with van der Waals surface area (Å²) in [5.41, 5.74) is 0. The summed E-state index contributed by atoms with van der Waals surface area (Å²) < 4.78 is 17.2. The predicted octanol–water partition coefficient (Wildman–Crippen LogP) is 16.3. The lowest BCUT2D eigenvalue weighted by Crippen LogP contribution is -2.30. The molecule has 5 heteroatoms. The van der Waals surface area contributed by atoms with E-state index in [0.717, 1.165) is 83.5 Å². The number of esters is 2. The van der Waals surface area contributed by atoms with E-state index in [9.17, 15) is 9.59 Å². The Morgan fingerprint density at radius 2 is 0.776 bits per heavy atom. The SMILES string of the molecule is CC/C=C\C/C=C\C/C=C\C/C=C\CCCCCCCOCC(COC(=O)CCCCCCCCCCC/C=C\C/C=C\CCCCC)OC(=O)CCCCCCC. The second-order valence-electron chi connectivity index (χ2n) is 16.0. The minimum atomic E-state index is -0.545. The van der Waals surface area contributed by atoms with Gasteiger partial charge in [-0.25, -0.2) is 0 Å². The Labute approximate surface area is 359 Å². The van der Waals surface area contributed by atoms with Crippen molar-refractivity contribution in [1.82, 2.24) is 0 Å². The molecular weight excluding hydrogens is 717 g/mol. The monoisotopic (exact) mass is 809 g/mol. The van der Waals surface area contributed by atoms with Crippen LogP contribution in [0, 0.1) is 0 Å². The number of hydrogen-bond acceptors (Lipinski definition) is 5. The highest BCUT2D eigenvalue weighted by molar-refractivity contribution is 5.70. The number of ether oxygens (including phenoxy) is 3. The molecule has 1 unspecified atom stereocenters. The van der Waals surface area contributed by atoms with E-state index in [2.05, 4.69) is 93.7 Å². The Morgan fingerprint density at radius 1 is 0.397 bits per heavy atom. The summed E-state index contributed by atoms with van der Waals surface area (Å²) in [5.74, 6) is -0.425. The standard InChI is InChI=1S/C53H92O5/c1-4-7-10-13-15-17-19-21-23-25-27-28-30-32-34-36-38-41-43-46-52(54)57-50-51(58-53(55)47-44-40-12-9-6-3)49-56-48-45-42-39-37-35-33-31-29-26-24-22-20-18-16-14-11-8-5-2/h8,11,15-18,21-24,29,31,51H,4-7,9-10,12-14,19-20,25-28,30,32-50H2,1-3H3/b11-8-,17-15-,18-16-,23-21-,24-22-,31-29-. The molecule has 0 aliphatic carbocycles. The van der Waals surface area contributed by atoms with Crippen LogP contribution in [0.15, 0.2) is 72.9 Å². The van der Waals surface area contributed by atoms with E-state index in [4.69, 9.17) is 14.2 Å². The van der Waals surface area contributed by atoms with Gasteiger partial charge in [-0.05, 0) is 89.9 Å². The Balaban J connectivity index is 4.07. The number of carbonyl (C=O) groups is 2. The molecule has 0 saturated carbocycles. The fourth-order valence-corrected chi connectivity index (χ4v) is 6.59. The second kappa shape index (κ2) is 48.7. The molecule has 0 aliphatic rings. The third-order valence-corrected chi connectivity index (χ3v) is 10.2. The van der Waals surface area contributed by atoms with Gasteiger partial charge in [-0.15, -0.1) is 0 Å². The zero-order valence-electron chi connectivity index (χ0n) is 38.3. The maximum Gasteiger partial charge on any atom is 0.306 e. The lowest BCUT2D eigenvalue weighted by Gasteiger charge is -2.18. The number of carbonyl (C=O) groups excluding carboxylic acids is 2. The summed E-state index contributed by atoms with van der Waals surface area (Å²) >= 11 is 0. The second-order valence-corrected chi connectivity index (χ2v) is 16.0. The van der Waals surface area contributed by atoms with E-state index in [1.807, 2.05) is 0 Å². The van der Waals surface area contributed by atoms with Crippen LogP contribution in [-0.2, 0) is 23.8 Å². The molecule has 0 heterocycles. The zero-order valence-corrected chi connectivity index (χ0v) is 38.3. The van der Waals surface area contributed by atoms with Crippen LogP contribution in [0.2, 0.25) is 0 Å². The fourth-order valence-electron chi connectivity index (χ4n) is 6.59. The van der Waals surface area contributed by atoms with Gasteiger partial charge in [0, 0.05) is 19.4 Å². The summed E-state index contributed by atoms with van der Waals surface area (Å²) in [7, 11) is 0. The summed E-state index contributed by atoms with van der Waals surface area (Å²) in [6.07, 6.45) is 62.2. The number of unbranched alkanes of at least 4 members (excludes halogenated alkanes) is 21. The first kappa shape index (κ1) is 55.3. The van der Waals surface area contributed by atoms with Crippen LogP contribution in [-0.4, -0.2) is 37.9 Å². The molecule has 0 fully saturated rings. The van der Waals surface area contributed by atoms with Crippen molar-refractivity contribution in [3.8, 4) is 0 Å². The number of hydrogen-bond donors (Lipinski definition) is 0. The van der Waals surface area contributed by atoms with Crippen molar-refractivity contribution in [1.29, 1.82) is 0 Å². The first-order valence-corrected chi connectivity index (χ1v) is 24.5. The van der Waals surface area contributed by atoms with Crippen LogP contribution in [0.1, 0.15) is 226 Å². The van der Waals surface area contributed by atoms with Crippen molar-refractivity contribution in [2.75, 3.05) is 19.8 Å². The van der Waals surface area contributed by atoms with E-state index >= 15 is 0 Å². The maximum absolute atomic E-state index is 12.6. The van der Waals surface area contributed by atoms with Gasteiger partial charge in [0.2, 0.25) is 0 Å². The van der Waals surface area contributed by atoms with Crippen LogP contribution < -0.4 is 0 Å². The van der Waals surface area contributed by atoms with Crippen molar-refractivity contribution >= 4 is 11.9 Å². The van der Waals surface area contributed by atoms with Crippen LogP contribution >= 0.6 is 0 Å². The molecule has 0 aromatic carbocycles. The molecule has 0 spiro atoms. The molecule has 0 rings (SSSR count). The molecule has 334 valence electrons. The highest BCUT2D eigenvalue weighted by atomic mass is 16.6. The normalized spacial score (nSPS) is 12.8. The molecule has 0 N–H and O–H groups in total.